The van der Waals surface area contributed by atoms with Gasteiger partial charge in [0.25, 0.3) is 0 Å². The lowest BCUT2D eigenvalue weighted by molar-refractivity contribution is 0.0983. The maximum absolute atomic E-state index is 11.3. The molecular weight excluding hydrogens is 346 g/mol. The van der Waals surface area contributed by atoms with Crippen LogP contribution in [0.15, 0.2) is 48.5 Å². The van der Waals surface area contributed by atoms with Gasteiger partial charge in [-0.3, -0.25) is 9.59 Å². The number of benzene rings is 2. The molecule has 0 radical (unpaired) electrons. The van der Waals surface area contributed by atoms with Gasteiger partial charge in [-0.15, -0.1) is 0 Å². The third-order valence-corrected chi connectivity index (χ3v) is 4.19. The normalized spacial score (nSPS) is 11.6. The standard InChI is InChI=1S/C20H23N3O4/c21-18(24)15-8-3-6-13(11-15)5-1-2-10-17(27-20(23)26)14-7-4-9-16(12-14)19(22)25/h3-4,6-9,11-12,17H,1-2,5,10H2,(H2,21,24)(H2,22,25)(H2,23,26). The molecule has 27 heavy (non-hydrogen) atoms. The highest BCUT2D eigenvalue weighted by Crippen LogP contribution is 2.25. The Bertz CT molecular complexity index is 835. The summed E-state index contributed by atoms with van der Waals surface area (Å²) in [7, 11) is 0. The fraction of sp³-hybridized carbons (Fsp3) is 0.250. The SMILES string of the molecule is NC(=O)OC(CCCCc1cccc(C(N)=O)c1)c1cccc(C(N)=O)c1. The van der Waals surface area contributed by atoms with Crippen molar-refractivity contribution in [2.24, 2.45) is 17.2 Å². The van der Waals surface area contributed by atoms with Crippen LogP contribution in [0.5, 0.6) is 0 Å². The molecule has 0 fully saturated rings. The second-order valence-electron chi connectivity index (χ2n) is 6.23. The van der Waals surface area contributed by atoms with Crippen molar-refractivity contribution in [3.63, 3.8) is 0 Å². The van der Waals surface area contributed by atoms with E-state index in [2.05, 4.69) is 0 Å². The van der Waals surface area contributed by atoms with Crippen molar-refractivity contribution in [3.8, 4) is 0 Å². The smallest absolute Gasteiger partial charge is 0.405 e. The second kappa shape index (κ2) is 9.38. The Kier molecular flexibility index (Phi) is 6.93. The van der Waals surface area contributed by atoms with Gasteiger partial charge in [0.05, 0.1) is 0 Å². The zero-order chi connectivity index (χ0) is 19.8. The van der Waals surface area contributed by atoms with Gasteiger partial charge in [-0.05, 0) is 61.1 Å². The van der Waals surface area contributed by atoms with Crippen LogP contribution in [0, 0.1) is 0 Å². The lowest BCUT2D eigenvalue weighted by Gasteiger charge is -2.17. The van der Waals surface area contributed by atoms with E-state index in [-0.39, 0.29) is 0 Å². The summed E-state index contributed by atoms with van der Waals surface area (Å²) >= 11 is 0. The molecule has 0 aliphatic heterocycles. The Hall–Kier alpha value is -3.35. The highest BCUT2D eigenvalue weighted by Gasteiger charge is 2.16. The van der Waals surface area contributed by atoms with E-state index in [0.717, 1.165) is 24.8 Å². The fourth-order valence-electron chi connectivity index (χ4n) is 2.87. The summed E-state index contributed by atoms with van der Waals surface area (Å²) in [4.78, 5) is 33.8. The third-order valence-electron chi connectivity index (χ3n) is 4.19. The molecule has 142 valence electrons. The highest BCUT2D eigenvalue weighted by molar-refractivity contribution is 5.93. The van der Waals surface area contributed by atoms with Crippen molar-refractivity contribution >= 4 is 17.9 Å². The molecule has 0 aliphatic carbocycles. The Balaban J connectivity index is 1.98. The van der Waals surface area contributed by atoms with E-state index in [1.807, 2.05) is 6.07 Å². The van der Waals surface area contributed by atoms with Gasteiger partial charge in [0.15, 0.2) is 0 Å². The number of unbranched alkanes of at least 4 members (excludes halogenated alkanes) is 1. The summed E-state index contributed by atoms with van der Waals surface area (Å²) in [6.45, 7) is 0. The minimum atomic E-state index is -0.876. The maximum Gasteiger partial charge on any atom is 0.405 e. The second-order valence-corrected chi connectivity index (χ2v) is 6.23. The molecule has 7 nitrogen and oxygen atoms in total. The minimum Gasteiger partial charge on any atom is -0.442 e. The number of rotatable bonds is 9. The molecule has 0 heterocycles. The van der Waals surface area contributed by atoms with Crippen LogP contribution in [0.3, 0.4) is 0 Å². The van der Waals surface area contributed by atoms with Gasteiger partial charge in [-0.2, -0.15) is 0 Å². The van der Waals surface area contributed by atoms with Gasteiger partial charge in [-0.25, -0.2) is 4.79 Å². The van der Waals surface area contributed by atoms with Crippen LogP contribution in [-0.4, -0.2) is 17.9 Å². The van der Waals surface area contributed by atoms with Gasteiger partial charge in [0.2, 0.25) is 11.8 Å². The first kappa shape index (κ1) is 20.0. The summed E-state index contributed by atoms with van der Waals surface area (Å²) in [5.74, 6) is -1.01. The molecule has 1 atom stereocenters. The number of hydrogen-bond donors (Lipinski definition) is 3. The number of carbonyl (C=O) groups excluding carboxylic acids is 3. The number of hydrogen-bond acceptors (Lipinski definition) is 4. The molecule has 0 spiro atoms. The number of primary amides is 3. The molecular formula is C20H23N3O4. The Labute approximate surface area is 157 Å². The Morgan fingerprint density at radius 1 is 0.852 bits per heavy atom. The molecule has 3 amide bonds. The molecule has 0 saturated carbocycles. The van der Waals surface area contributed by atoms with E-state index in [9.17, 15) is 14.4 Å². The molecule has 0 saturated heterocycles. The first-order chi connectivity index (χ1) is 12.9. The number of aryl methyl sites for hydroxylation is 1. The molecule has 0 bridgehead atoms. The fourth-order valence-corrected chi connectivity index (χ4v) is 2.87. The zero-order valence-corrected chi connectivity index (χ0v) is 14.9. The first-order valence-electron chi connectivity index (χ1n) is 8.61. The third kappa shape index (κ3) is 6.14. The average Bonchev–Trinajstić information content (AvgIpc) is 2.64. The summed E-state index contributed by atoms with van der Waals surface area (Å²) in [5, 5.41) is 0. The molecule has 6 N–H and O–H groups in total. The summed E-state index contributed by atoms with van der Waals surface area (Å²) in [6.07, 6.45) is 1.43. The average molecular weight is 369 g/mol. The van der Waals surface area contributed by atoms with Crippen LogP contribution in [0.1, 0.15) is 57.2 Å². The van der Waals surface area contributed by atoms with Crippen molar-refractivity contribution in [1.82, 2.24) is 0 Å². The monoisotopic (exact) mass is 369 g/mol. The van der Waals surface area contributed by atoms with Crippen LogP contribution in [0.2, 0.25) is 0 Å². The van der Waals surface area contributed by atoms with Crippen LogP contribution in [0.4, 0.5) is 4.79 Å². The molecule has 2 aromatic rings. The van der Waals surface area contributed by atoms with E-state index in [4.69, 9.17) is 21.9 Å². The van der Waals surface area contributed by atoms with Gasteiger partial charge in [0, 0.05) is 11.1 Å². The molecule has 7 heteroatoms. The lowest BCUT2D eigenvalue weighted by atomic mass is 9.99. The zero-order valence-electron chi connectivity index (χ0n) is 14.9. The largest absolute Gasteiger partial charge is 0.442 e. The van der Waals surface area contributed by atoms with E-state index in [1.165, 1.54) is 0 Å². The van der Waals surface area contributed by atoms with Gasteiger partial charge < -0.3 is 21.9 Å². The number of carbonyl (C=O) groups is 3. The first-order valence-corrected chi connectivity index (χ1v) is 8.61. The lowest BCUT2D eigenvalue weighted by Crippen LogP contribution is -2.18. The molecule has 1 unspecified atom stereocenters. The molecule has 0 aromatic heterocycles. The van der Waals surface area contributed by atoms with E-state index in [1.54, 1.807) is 42.5 Å². The van der Waals surface area contributed by atoms with E-state index >= 15 is 0 Å². The van der Waals surface area contributed by atoms with Crippen molar-refractivity contribution in [3.05, 3.63) is 70.8 Å². The van der Waals surface area contributed by atoms with Gasteiger partial charge in [-0.1, -0.05) is 24.3 Å². The topological polar surface area (TPSA) is 138 Å². The van der Waals surface area contributed by atoms with Crippen LogP contribution >= 0.6 is 0 Å². The quantitative estimate of drug-likeness (QED) is 0.584. The number of nitrogens with two attached hydrogens (primary N) is 3. The highest BCUT2D eigenvalue weighted by atomic mass is 16.6. The molecule has 2 rings (SSSR count). The van der Waals surface area contributed by atoms with E-state index in [0.29, 0.717) is 23.1 Å². The Morgan fingerprint density at radius 2 is 1.48 bits per heavy atom. The van der Waals surface area contributed by atoms with E-state index < -0.39 is 24.0 Å². The minimum absolute atomic E-state index is 0.342. The van der Waals surface area contributed by atoms with Gasteiger partial charge >= 0.3 is 6.09 Å². The van der Waals surface area contributed by atoms with Crippen molar-refractivity contribution in [1.29, 1.82) is 0 Å². The predicted octanol–water partition coefficient (Wildman–Crippen LogP) is 2.43. The predicted molar refractivity (Wildman–Crippen MR) is 101 cm³/mol. The van der Waals surface area contributed by atoms with Crippen molar-refractivity contribution < 1.29 is 19.1 Å². The summed E-state index contributed by atoms with van der Waals surface area (Å²) in [5.41, 5.74) is 18.3. The Morgan fingerprint density at radius 3 is 2.11 bits per heavy atom. The molecule has 0 aliphatic rings. The summed E-state index contributed by atoms with van der Waals surface area (Å²) < 4.78 is 5.20. The van der Waals surface area contributed by atoms with Crippen molar-refractivity contribution in [2.45, 2.75) is 31.8 Å². The maximum atomic E-state index is 11.3. The van der Waals surface area contributed by atoms with Crippen LogP contribution < -0.4 is 17.2 Å². The number of amides is 3. The van der Waals surface area contributed by atoms with Crippen LogP contribution in [-0.2, 0) is 11.2 Å². The summed E-state index contributed by atoms with van der Waals surface area (Å²) in [6, 6.07) is 13.8. The van der Waals surface area contributed by atoms with Crippen molar-refractivity contribution in [2.75, 3.05) is 0 Å². The number of ether oxygens (including phenoxy) is 1. The van der Waals surface area contributed by atoms with Crippen LogP contribution in [0.25, 0.3) is 0 Å². The van der Waals surface area contributed by atoms with Gasteiger partial charge in [0.1, 0.15) is 6.10 Å². The molecule has 2 aromatic carbocycles.